The Balaban J connectivity index is 2.06. The molecule has 5 N–H and O–H groups in total. The Morgan fingerprint density at radius 3 is 2.26 bits per heavy atom. The number of hydrogen-bond acceptors (Lipinski definition) is 8. The molecule has 0 unspecified atom stereocenters. The Morgan fingerprint density at radius 2 is 1.67 bits per heavy atom. The number of carbonyl (C=O) groups excluding carboxylic acids is 1. The highest BCUT2D eigenvalue weighted by Gasteiger charge is 2.37. The van der Waals surface area contributed by atoms with E-state index in [1.165, 1.54) is 18.2 Å². The number of phenols is 5. The molecule has 0 saturated heterocycles. The van der Waals surface area contributed by atoms with Gasteiger partial charge in [0.1, 0.15) is 23.4 Å². The molecule has 8 nitrogen and oxygen atoms in total. The van der Waals surface area contributed by atoms with Crippen molar-refractivity contribution in [1.29, 1.82) is 0 Å². The number of fused-ring (bicyclic) bond motifs is 1. The van der Waals surface area contributed by atoms with Crippen LogP contribution < -0.4 is 4.74 Å². The van der Waals surface area contributed by atoms with Crippen LogP contribution in [0.5, 0.6) is 34.5 Å². The molecule has 1 aliphatic heterocycles. The molecule has 3 rings (SSSR count). The fraction of sp³-hybridized carbons (Fsp3) is 0.316. The van der Waals surface area contributed by atoms with Gasteiger partial charge in [-0.1, -0.05) is 13.8 Å². The number of phenolic OH excluding ortho intramolecular Hbond substituents is 5. The molecular formula is C19H20O8. The average Bonchev–Trinajstić information content (AvgIpc) is 2.59. The Morgan fingerprint density at radius 1 is 1.04 bits per heavy atom. The summed E-state index contributed by atoms with van der Waals surface area (Å²) in [5.41, 5.74) is 0.607. The van der Waals surface area contributed by atoms with Crippen LogP contribution in [0, 0.1) is 5.92 Å². The summed E-state index contributed by atoms with van der Waals surface area (Å²) in [6, 6.07) is 4.83. The lowest BCUT2D eigenvalue weighted by Gasteiger charge is -2.34. The van der Waals surface area contributed by atoms with E-state index >= 15 is 0 Å². The predicted octanol–water partition coefficient (Wildman–Crippen LogP) is 2.46. The van der Waals surface area contributed by atoms with Gasteiger partial charge in [-0.25, -0.2) is 0 Å². The second kappa shape index (κ2) is 6.79. The Labute approximate surface area is 154 Å². The third-order valence-corrected chi connectivity index (χ3v) is 4.33. The molecule has 2 aromatic rings. The Hall–Kier alpha value is -3.29. The third-order valence-electron chi connectivity index (χ3n) is 4.33. The highest BCUT2D eigenvalue weighted by molar-refractivity contribution is 5.72. The lowest BCUT2D eigenvalue weighted by molar-refractivity contribution is -0.159. The van der Waals surface area contributed by atoms with Crippen molar-refractivity contribution in [3.05, 3.63) is 35.4 Å². The minimum atomic E-state index is -0.946. The molecule has 27 heavy (non-hydrogen) atoms. The zero-order valence-corrected chi connectivity index (χ0v) is 14.7. The summed E-state index contributed by atoms with van der Waals surface area (Å²) in [7, 11) is 0. The van der Waals surface area contributed by atoms with Gasteiger partial charge in [0.15, 0.2) is 23.4 Å². The van der Waals surface area contributed by atoms with Crippen molar-refractivity contribution in [2.45, 2.75) is 32.5 Å². The zero-order chi connectivity index (χ0) is 19.9. The molecule has 1 heterocycles. The number of ether oxygens (including phenoxy) is 2. The minimum absolute atomic E-state index is 0.0903. The van der Waals surface area contributed by atoms with E-state index in [2.05, 4.69) is 0 Å². The Bertz CT molecular complexity index is 867. The van der Waals surface area contributed by atoms with Gasteiger partial charge in [-0.3, -0.25) is 4.79 Å². The molecule has 0 amide bonds. The maximum atomic E-state index is 12.1. The van der Waals surface area contributed by atoms with Crippen LogP contribution in [0.3, 0.4) is 0 Å². The number of esters is 1. The first kappa shape index (κ1) is 18.5. The summed E-state index contributed by atoms with van der Waals surface area (Å²) in [6.07, 6.45) is -1.72. The second-order valence-electron chi connectivity index (χ2n) is 6.72. The fourth-order valence-corrected chi connectivity index (χ4v) is 2.91. The first-order valence-electron chi connectivity index (χ1n) is 8.34. The van der Waals surface area contributed by atoms with Crippen LogP contribution in [-0.4, -0.2) is 37.6 Å². The van der Waals surface area contributed by atoms with Gasteiger partial charge in [0.25, 0.3) is 0 Å². The largest absolute Gasteiger partial charge is 0.508 e. The molecule has 144 valence electrons. The first-order chi connectivity index (χ1) is 12.7. The normalized spacial score (nSPS) is 18.6. The molecule has 0 spiro atoms. The van der Waals surface area contributed by atoms with Crippen molar-refractivity contribution in [2.24, 2.45) is 5.92 Å². The van der Waals surface area contributed by atoms with Crippen LogP contribution in [0.4, 0.5) is 0 Å². The van der Waals surface area contributed by atoms with Gasteiger partial charge in [0.2, 0.25) is 0 Å². The minimum Gasteiger partial charge on any atom is -0.508 e. The van der Waals surface area contributed by atoms with Crippen LogP contribution in [0.2, 0.25) is 0 Å². The molecule has 8 heteroatoms. The molecule has 0 radical (unpaired) electrons. The summed E-state index contributed by atoms with van der Waals surface area (Å²) in [5, 5.41) is 48.9. The third kappa shape index (κ3) is 3.51. The molecule has 0 bridgehead atoms. The fourth-order valence-electron chi connectivity index (χ4n) is 2.91. The standard InChI is InChI=1S/C19H20O8/c1-8(2)19(25)27-16-7-11-12(21)5-10(20)6-15(11)26-18(16)9-3-13(22)17(24)14(23)4-9/h3-6,8,16,18,20-24H,7H2,1-2H3/t16-,18-/m1/s1. The quantitative estimate of drug-likeness (QED) is 0.407. The van der Waals surface area contributed by atoms with E-state index in [4.69, 9.17) is 9.47 Å². The van der Waals surface area contributed by atoms with Gasteiger partial charge in [-0.2, -0.15) is 0 Å². The van der Waals surface area contributed by atoms with Crippen LogP contribution in [0.1, 0.15) is 31.1 Å². The summed E-state index contributed by atoms with van der Waals surface area (Å²) in [4.78, 5) is 12.1. The van der Waals surface area contributed by atoms with Crippen molar-refractivity contribution in [3.8, 4) is 34.5 Å². The first-order valence-corrected chi connectivity index (χ1v) is 8.34. The van der Waals surface area contributed by atoms with E-state index in [9.17, 15) is 30.3 Å². The van der Waals surface area contributed by atoms with Crippen molar-refractivity contribution in [2.75, 3.05) is 0 Å². The van der Waals surface area contributed by atoms with Crippen molar-refractivity contribution >= 4 is 5.97 Å². The summed E-state index contributed by atoms with van der Waals surface area (Å²) in [6.45, 7) is 3.34. The lowest BCUT2D eigenvalue weighted by atomic mass is 9.93. The van der Waals surface area contributed by atoms with E-state index < -0.39 is 41.3 Å². The van der Waals surface area contributed by atoms with Gasteiger partial charge < -0.3 is 35.0 Å². The molecule has 2 atom stereocenters. The van der Waals surface area contributed by atoms with E-state index in [0.29, 0.717) is 5.56 Å². The summed E-state index contributed by atoms with van der Waals surface area (Å²) >= 11 is 0. The molecule has 2 aromatic carbocycles. The highest BCUT2D eigenvalue weighted by atomic mass is 16.6. The van der Waals surface area contributed by atoms with E-state index in [0.717, 1.165) is 6.07 Å². The second-order valence-corrected chi connectivity index (χ2v) is 6.72. The van der Waals surface area contributed by atoms with Crippen LogP contribution >= 0.6 is 0 Å². The van der Waals surface area contributed by atoms with Gasteiger partial charge in [0, 0.05) is 29.7 Å². The van der Waals surface area contributed by atoms with Crippen LogP contribution in [-0.2, 0) is 16.0 Å². The molecule has 0 aromatic heterocycles. The maximum absolute atomic E-state index is 12.1. The van der Waals surface area contributed by atoms with Crippen LogP contribution in [0.15, 0.2) is 24.3 Å². The smallest absolute Gasteiger partial charge is 0.308 e. The molecule has 0 aliphatic carbocycles. The van der Waals surface area contributed by atoms with Gasteiger partial charge in [0.05, 0.1) is 5.92 Å². The van der Waals surface area contributed by atoms with E-state index in [1.807, 2.05) is 0 Å². The highest BCUT2D eigenvalue weighted by Crippen LogP contribution is 2.45. The molecule has 1 aliphatic rings. The van der Waals surface area contributed by atoms with Crippen molar-refractivity contribution < 1.29 is 39.8 Å². The number of aromatic hydroxyl groups is 5. The zero-order valence-electron chi connectivity index (χ0n) is 14.7. The number of carbonyl (C=O) groups is 1. The van der Waals surface area contributed by atoms with Crippen molar-refractivity contribution in [3.63, 3.8) is 0 Å². The number of hydrogen-bond donors (Lipinski definition) is 5. The van der Waals surface area contributed by atoms with E-state index in [1.54, 1.807) is 13.8 Å². The molecule has 0 saturated carbocycles. The van der Waals surface area contributed by atoms with Crippen LogP contribution in [0.25, 0.3) is 0 Å². The molecular weight excluding hydrogens is 356 g/mol. The lowest BCUT2D eigenvalue weighted by Crippen LogP contribution is -2.35. The van der Waals surface area contributed by atoms with Gasteiger partial charge in [-0.05, 0) is 12.1 Å². The van der Waals surface area contributed by atoms with Gasteiger partial charge in [-0.15, -0.1) is 0 Å². The maximum Gasteiger partial charge on any atom is 0.308 e. The number of benzene rings is 2. The van der Waals surface area contributed by atoms with Gasteiger partial charge >= 0.3 is 5.97 Å². The SMILES string of the molecule is CC(C)C(=O)O[C@@H]1Cc2c(O)cc(O)cc2O[C@@H]1c1cc(O)c(O)c(O)c1. The molecule has 0 fully saturated rings. The average molecular weight is 376 g/mol. The summed E-state index contributed by atoms with van der Waals surface area (Å²) < 4.78 is 11.3. The Kier molecular flexibility index (Phi) is 4.65. The summed E-state index contributed by atoms with van der Waals surface area (Å²) in [5.74, 6) is -2.92. The topological polar surface area (TPSA) is 137 Å². The van der Waals surface area contributed by atoms with E-state index in [-0.39, 0.29) is 29.2 Å². The van der Waals surface area contributed by atoms with Crippen molar-refractivity contribution in [1.82, 2.24) is 0 Å². The monoisotopic (exact) mass is 376 g/mol. The predicted molar refractivity (Wildman–Crippen MR) is 93.0 cm³/mol. The number of rotatable bonds is 3.